The number of hydrogen-bond acceptors (Lipinski definition) is 5. The van der Waals surface area contributed by atoms with Crippen molar-refractivity contribution in [3.63, 3.8) is 0 Å². The van der Waals surface area contributed by atoms with Crippen LogP contribution in [-0.2, 0) is 15.3 Å². The molecule has 0 bridgehead atoms. The van der Waals surface area contributed by atoms with Crippen molar-refractivity contribution < 1.29 is 19.4 Å². The number of para-hydroxylation sites is 1. The largest absolute Gasteiger partial charge is 0.496 e. The van der Waals surface area contributed by atoms with Crippen molar-refractivity contribution in [2.45, 2.75) is 18.2 Å². The van der Waals surface area contributed by atoms with Crippen molar-refractivity contribution in [2.24, 2.45) is 0 Å². The zero-order valence-electron chi connectivity index (χ0n) is 12.4. The van der Waals surface area contributed by atoms with Crippen molar-refractivity contribution in [3.8, 4) is 5.75 Å². The number of carboxylic acid groups (broad SMARTS) is 1. The third-order valence-electron chi connectivity index (χ3n) is 3.40. The van der Waals surface area contributed by atoms with E-state index in [0.29, 0.717) is 23.8 Å². The Kier molecular flexibility index (Phi) is 6.45. The molecular weight excluding hydrogens is 322 g/mol. The van der Waals surface area contributed by atoms with Gasteiger partial charge >= 0.3 is 5.97 Å². The first-order chi connectivity index (χ1) is 10.6. The molecule has 1 saturated heterocycles. The Morgan fingerprint density at radius 2 is 2.23 bits per heavy atom. The highest BCUT2D eigenvalue weighted by Gasteiger charge is 2.33. The molecule has 120 valence electrons. The summed E-state index contributed by atoms with van der Waals surface area (Å²) >= 11 is 3.14. The third-order valence-corrected chi connectivity index (χ3v) is 5.42. The van der Waals surface area contributed by atoms with Crippen LogP contribution in [0.15, 0.2) is 24.3 Å². The van der Waals surface area contributed by atoms with Gasteiger partial charge in [-0.05, 0) is 6.07 Å². The number of hydrogen-bond donors (Lipinski definition) is 1. The number of rotatable bonds is 7. The Bertz CT molecular complexity index is 538. The van der Waals surface area contributed by atoms with Crippen LogP contribution in [-0.4, -0.2) is 52.4 Å². The first-order valence-electron chi connectivity index (χ1n) is 6.93. The minimum atomic E-state index is -0.917. The van der Waals surface area contributed by atoms with Gasteiger partial charge in [0.25, 0.3) is 0 Å². The van der Waals surface area contributed by atoms with E-state index in [-0.39, 0.29) is 5.91 Å². The molecule has 0 spiro atoms. The predicted molar refractivity (Wildman–Crippen MR) is 89.4 cm³/mol. The number of carbonyl (C=O) groups excluding carboxylic acids is 1. The first-order valence-corrected chi connectivity index (χ1v) is 9.24. The van der Waals surface area contributed by atoms with Crippen LogP contribution in [0.1, 0.15) is 12.0 Å². The minimum Gasteiger partial charge on any atom is -0.496 e. The lowest BCUT2D eigenvalue weighted by atomic mass is 10.2. The van der Waals surface area contributed by atoms with E-state index in [1.807, 2.05) is 24.3 Å². The first kappa shape index (κ1) is 17.0. The highest BCUT2D eigenvalue weighted by molar-refractivity contribution is 7.99. The summed E-state index contributed by atoms with van der Waals surface area (Å²) in [6.07, 6.45) is 0.365. The Morgan fingerprint density at radius 3 is 2.95 bits per heavy atom. The quantitative estimate of drug-likeness (QED) is 0.768. The molecule has 7 heteroatoms. The lowest BCUT2D eigenvalue weighted by molar-refractivity contribution is -0.147. The molecule has 1 aliphatic rings. The van der Waals surface area contributed by atoms with Gasteiger partial charge in [0.15, 0.2) is 0 Å². The third kappa shape index (κ3) is 4.33. The molecule has 1 aromatic rings. The fourth-order valence-corrected chi connectivity index (χ4v) is 4.29. The molecule has 0 unspecified atom stereocenters. The maximum atomic E-state index is 12.1. The van der Waals surface area contributed by atoms with E-state index < -0.39 is 12.0 Å². The summed E-state index contributed by atoms with van der Waals surface area (Å²) in [5, 5.41) is 9.08. The summed E-state index contributed by atoms with van der Waals surface area (Å²) in [6.45, 7) is 0. The van der Waals surface area contributed by atoms with Gasteiger partial charge in [0.1, 0.15) is 11.8 Å². The SMILES string of the molecule is COc1ccccc1CSCCC(=O)N1CSC[C@H]1C(=O)O. The molecule has 1 heterocycles. The lowest BCUT2D eigenvalue weighted by Crippen LogP contribution is -2.41. The van der Waals surface area contributed by atoms with Crippen LogP contribution in [0.2, 0.25) is 0 Å². The van der Waals surface area contributed by atoms with E-state index >= 15 is 0 Å². The van der Waals surface area contributed by atoms with Crippen LogP contribution < -0.4 is 4.74 Å². The van der Waals surface area contributed by atoms with Crippen molar-refractivity contribution in [1.29, 1.82) is 0 Å². The maximum Gasteiger partial charge on any atom is 0.327 e. The Morgan fingerprint density at radius 1 is 1.45 bits per heavy atom. The van der Waals surface area contributed by atoms with E-state index in [1.165, 1.54) is 16.7 Å². The van der Waals surface area contributed by atoms with Gasteiger partial charge in [-0.3, -0.25) is 4.79 Å². The summed E-state index contributed by atoms with van der Waals surface area (Å²) in [6, 6.07) is 7.14. The fraction of sp³-hybridized carbons (Fsp3) is 0.467. The second-order valence-electron chi connectivity index (χ2n) is 4.83. The number of thioether (sulfide) groups is 2. The van der Waals surface area contributed by atoms with Crippen molar-refractivity contribution in [1.82, 2.24) is 4.90 Å². The number of carboxylic acids is 1. The number of methoxy groups -OCH3 is 1. The summed E-state index contributed by atoms with van der Waals surface area (Å²) in [7, 11) is 1.64. The number of amides is 1. The Balaban J connectivity index is 1.76. The highest BCUT2D eigenvalue weighted by atomic mass is 32.2. The zero-order chi connectivity index (χ0) is 15.9. The molecule has 2 rings (SSSR count). The lowest BCUT2D eigenvalue weighted by Gasteiger charge is -2.20. The molecule has 1 N–H and O–H groups in total. The molecular formula is C15H19NO4S2. The van der Waals surface area contributed by atoms with Gasteiger partial charge in [0, 0.05) is 29.2 Å². The van der Waals surface area contributed by atoms with Gasteiger partial charge < -0.3 is 14.7 Å². The normalized spacial score (nSPS) is 17.5. The van der Waals surface area contributed by atoms with Crippen LogP contribution in [0.25, 0.3) is 0 Å². The summed E-state index contributed by atoms with van der Waals surface area (Å²) < 4.78 is 5.29. The van der Waals surface area contributed by atoms with E-state index in [2.05, 4.69) is 0 Å². The van der Waals surface area contributed by atoms with E-state index in [1.54, 1.807) is 18.9 Å². The predicted octanol–water partition coefficient (Wildman–Crippen LogP) is 2.30. The fourth-order valence-electron chi connectivity index (χ4n) is 2.20. The van der Waals surface area contributed by atoms with E-state index in [0.717, 1.165) is 17.1 Å². The molecule has 1 aliphatic heterocycles. The summed E-state index contributed by atoms with van der Waals surface area (Å²) in [4.78, 5) is 24.7. The number of ether oxygens (including phenoxy) is 1. The van der Waals surface area contributed by atoms with E-state index in [4.69, 9.17) is 9.84 Å². The molecule has 1 atom stereocenters. The van der Waals surface area contributed by atoms with Crippen LogP contribution in [0.3, 0.4) is 0 Å². The molecule has 1 fully saturated rings. The molecule has 0 aromatic heterocycles. The highest BCUT2D eigenvalue weighted by Crippen LogP contribution is 2.25. The molecule has 0 radical (unpaired) electrons. The van der Waals surface area contributed by atoms with Crippen LogP contribution in [0, 0.1) is 0 Å². The number of aliphatic carboxylic acids is 1. The Hall–Kier alpha value is -1.34. The smallest absolute Gasteiger partial charge is 0.327 e. The van der Waals surface area contributed by atoms with Crippen LogP contribution >= 0.6 is 23.5 Å². The molecule has 1 amide bonds. The van der Waals surface area contributed by atoms with Crippen LogP contribution in [0.5, 0.6) is 5.75 Å². The van der Waals surface area contributed by atoms with Crippen molar-refractivity contribution in [3.05, 3.63) is 29.8 Å². The molecule has 0 aliphatic carbocycles. The molecule has 5 nitrogen and oxygen atoms in total. The zero-order valence-corrected chi connectivity index (χ0v) is 14.0. The van der Waals surface area contributed by atoms with E-state index in [9.17, 15) is 9.59 Å². The van der Waals surface area contributed by atoms with Crippen LogP contribution in [0.4, 0.5) is 0 Å². The van der Waals surface area contributed by atoms with Gasteiger partial charge in [-0.15, -0.1) is 11.8 Å². The summed E-state index contributed by atoms with van der Waals surface area (Å²) in [5.74, 6) is 2.26. The van der Waals surface area contributed by atoms with Gasteiger partial charge in [0.2, 0.25) is 5.91 Å². The molecule has 0 saturated carbocycles. The second kappa shape index (κ2) is 8.33. The number of benzene rings is 1. The van der Waals surface area contributed by atoms with Gasteiger partial charge in [-0.25, -0.2) is 4.79 Å². The average molecular weight is 341 g/mol. The van der Waals surface area contributed by atoms with Gasteiger partial charge in [0.05, 0.1) is 13.0 Å². The minimum absolute atomic E-state index is 0.0788. The molecule has 1 aromatic carbocycles. The number of nitrogens with zero attached hydrogens (tertiary/aromatic N) is 1. The Labute approximate surface area is 138 Å². The topological polar surface area (TPSA) is 66.8 Å². The van der Waals surface area contributed by atoms with Crippen molar-refractivity contribution >= 4 is 35.4 Å². The number of carbonyl (C=O) groups is 2. The average Bonchev–Trinajstić information content (AvgIpc) is 3.01. The van der Waals surface area contributed by atoms with Crippen molar-refractivity contribution in [2.75, 3.05) is 24.5 Å². The summed E-state index contributed by atoms with van der Waals surface area (Å²) in [5.41, 5.74) is 1.10. The second-order valence-corrected chi connectivity index (χ2v) is 6.94. The maximum absolute atomic E-state index is 12.1. The molecule has 22 heavy (non-hydrogen) atoms. The van der Waals surface area contributed by atoms with Gasteiger partial charge in [-0.1, -0.05) is 18.2 Å². The van der Waals surface area contributed by atoms with Gasteiger partial charge in [-0.2, -0.15) is 11.8 Å². The monoisotopic (exact) mass is 341 g/mol. The standard InChI is InChI=1S/C15H19NO4S2/c1-20-13-5-3-2-4-11(13)8-21-7-6-14(17)16-10-22-9-12(16)15(18)19/h2-5,12H,6-10H2,1H3,(H,18,19)/t12-/m0/s1.